The van der Waals surface area contributed by atoms with E-state index in [2.05, 4.69) is 5.32 Å². The molecule has 0 radical (unpaired) electrons. The van der Waals surface area contributed by atoms with Gasteiger partial charge in [0.1, 0.15) is 5.75 Å². The lowest BCUT2D eigenvalue weighted by atomic mass is 10.2. The summed E-state index contributed by atoms with van der Waals surface area (Å²) in [7, 11) is 0. The molecular weight excluding hydrogens is 216 g/mol. The van der Waals surface area contributed by atoms with Gasteiger partial charge in [-0.1, -0.05) is 6.07 Å². The molecule has 0 aliphatic carbocycles. The number of aromatic hydroxyl groups is 1. The number of aryl methyl sites for hydroxylation is 1. The van der Waals surface area contributed by atoms with E-state index in [9.17, 15) is 9.90 Å². The normalized spacial score (nSPS) is 11.4. The van der Waals surface area contributed by atoms with E-state index in [1.807, 2.05) is 6.92 Å². The second kappa shape index (κ2) is 5.58. The van der Waals surface area contributed by atoms with Gasteiger partial charge in [0.05, 0.1) is 11.7 Å². The summed E-state index contributed by atoms with van der Waals surface area (Å²) in [4.78, 5) is 11.2. The number of amides is 1. The highest BCUT2D eigenvalue weighted by Gasteiger charge is 2.09. The van der Waals surface area contributed by atoms with Gasteiger partial charge in [0.25, 0.3) is 0 Å². The smallest absolute Gasteiger partial charge is 0.241 e. The predicted octanol–water partition coefficient (Wildman–Crippen LogP) is 1.41. The topological polar surface area (TPSA) is 75.4 Å². The molecule has 84 valence electrons. The minimum absolute atomic E-state index is 0. The maximum absolute atomic E-state index is 11.2. The van der Waals surface area contributed by atoms with Crippen LogP contribution in [-0.2, 0) is 4.79 Å². The lowest BCUT2D eigenvalue weighted by Crippen LogP contribution is -2.32. The molecule has 0 aliphatic rings. The van der Waals surface area contributed by atoms with Crippen molar-refractivity contribution in [1.29, 1.82) is 0 Å². The molecule has 4 N–H and O–H groups in total. The number of benzene rings is 1. The number of nitrogens with two attached hydrogens (primary N) is 1. The van der Waals surface area contributed by atoms with Gasteiger partial charge in [-0.2, -0.15) is 0 Å². The third kappa shape index (κ3) is 3.77. The minimum atomic E-state index is -0.587. The summed E-state index contributed by atoms with van der Waals surface area (Å²) in [6, 6.07) is 4.44. The number of anilines is 1. The average Bonchev–Trinajstić information content (AvgIpc) is 2.09. The Bertz CT molecular complexity index is 353. The Morgan fingerprint density at radius 3 is 2.60 bits per heavy atom. The summed E-state index contributed by atoms with van der Waals surface area (Å²) < 4.78 is 0. The quantitative estimate of drug-likeness (QED) is 0.673. The van der Waals surface area contributed by atoms with Gasteiger partial charge >= 0.3 is 0 Å². The molecule has 5 heteroatoms. The van der Waals surface area contributed by atoms with Crippen LogP contribution < -0.4 is 11.1 Å². The van der Waals surface area contributed by atoms with E-state index >= 15 is 0 Å². The van der Waals surface area contributed by atoms with Crippen molar-refractivity contribution >= 4 is 24.0 Å². The summed E-state index contributed by atoms with van der Waals surface area (Å²) >= 11 is 0. The Hall–Kier alpha value is -1.26. The SMILES string of the molecule is Cc1ccc(NC(=O)[C@@H](C)N)c(O)c1.Cl. The van der Waals surface area contributed by atoms with Crippen molar-refractivity contribution in [1.82, 2.24) is 0 Å². The summed E-state index contributed by atoms with van der Waals surface area (Å²) in [6.45, 7) is 3.44. The Morgan fingerprint density at radius 1 is 1.53 bits per heavy atom. The first kappa shape index (κ1) is 13.7. The first-order chi connectivity index (χ1) is 6.50. The molecule has 0 spiro atoms. The molecule has 1 aromatic carbocycles. The molecule has 1 atom stereocenters. The van der Waals surface area contributed by atoms with Crippen molar-refractivity contribution in [2.75, 3.05) is 5.32 Å². The first-order valence-electron chi connectivity index (χ1n) is 4.37. The van der Waals surface area contributed by atoms with E-state index in [0.717, 1.165) is 5.56 Å². The first-order valence-corrected chi connectivity index (χ1v) is 4.37. The lowest BCUT2D eigenvalue weighted by molar-refractivity contribution is -0.117. The second-order valence-electron chi connectivity index (χ2n) is 3.30. The highest BCUT2D eigenvalue weighted by Crippen LogP contribution is 2.23. The van der Waals surface area contributed by atoms with Gasteiger partial charge in [-0.05, 0) is 31.5 Å². The fourth-order valence-corrected chi connectivity index (χ4v) is 0.994. The summed E-state index contributed by atoms with van der Waals surface area (Å²) in [6.07, 6.45) is 0. The monoisotopic (exact) mass is 230 g/mol. The number of carbonyl (C=O) groups excluding carboxylic acids is 1. The van der Waals surface area contributed by atoms with Crippen LogP contribution in [-0.4, -0.2) is 17.1 Å². The molecule has 1 aromatic rings. The van der Waals surface area contributed by atoms with Gasteiger partial charge in [0.2, 0.25) is 5.91 Å². The molecule has 15 heavy (non-hydrogen) atoms. The van der Waals surface area contributed by atoms with Crippen LogP contribution in [0.25, 0.3) is 0 Å². The number of halogens is 1. The second-order valence-corrected chi connectivity index (χ2v) is 3.30. The number of hydrogen-bond acceptors (Lipinski definition) is 3. The number of carbonyl (C=O) groups is 1. The molecule has 0 saturated carbocycles. The Balaban J connectivity index is 0.00000196. The fraction of sp³-hybridized carbons (Fsp3) is 0.300. The molecule has 4 nitrogen and oxygen atoms in total. The lowest BCUT2D eigenvalue weighted by Gasteiger charge is -2.09. The third-order valence-electron chi connectivity index (χ3n) is 1.82. The standard InChI is InChI=1S/C10H14N2O2.ClH/c1-6-3-4-8(9(13)5-6)12-10(14)7(2)11;/h3-5,7,13H,11H2,1-2H3,(H,12,14);1H/t7-;/m1./s1. The van der Waals surface area contributed by atoms with Crippen molar-refractivity contribution in [3.63, 3.8) is 0 Å². The van der Waals surface area contributed by atoms with Gasteiger partial charge in [-0.15, -0.1) is 12.4 Å². The summed E-state index contributed by atoms with van der Waals surface area (Å²) in [5, 5.41) is 12.0. The highest BCUT2D eigenvalue weighted by atomic mass is 35.5. The Morgan fingerprint density at radius 2 is 2.13 bits per heavy atom. The van der Waals surface area contributed by atoms with Crippen LogP contribution in [0, 0.1) is 6.92 Å². The van der Waals surface area contributed by atoms with E-state index in [0.29, 0.717) is 5.69 Å². The van der Waals surface area contributed by atoms with Crippen LogP contribution in [0.5, 0.6) is 5.75 Å². The molecule has 0 heterocycles. The van der Waals surface area contributed by atoms with Crippen molar-refractivity contribution in [3.8, 4) is 5.75 Å². The number of hydrogen-bond donors (Lipinski definition) is 3. The van der Waals surface area contributed by atoms with Gasteiger partial charge in [0, 0.05) is 0 Å². The van der Waals surface area contributed by atoms with Crippen molar-refractivity contribution in [2.24, 2.45) is 5.73 Å². The third-order valence-corrected chi connectivity index (χ3v) is 1.82. The van der Waals surface area contributed by atoms with Gasteiger partial charge in [-0.25, -0.2) is 0 Å². The molecule has 1 rings (SSSR count). The number of phenols is 1. The molecule has 1 amide bonds. The molecule has 0 aliphatic heterocycles. The molecule has 0 saturated heterocycles. The van der Waals surface area contributed by atoms with E-state index < -0.39 is 6.04 Å². The molecule has 0 bridgehead atoms. The maximum Gasteiger partial charge on any atom is 0.241 e. The van der Waals surface area contributed by atoms with Gasteiger partial charge in [-0.3, -0.25) is 4.79 Å². The van der Waals surface area contributed by atoms with E-state index in [-0.39, 0.29) is 24.1 Å². The van der Waals surface area contributed by atoms with Crippen LogP contribution in [0.4, 0.5) is 5.69 Å². The number of phenolic OH excluding ortho intramolecular Hbond substituents is 1. The molecular formula is C10H15ClN2O2. The van der Waals surface area contributed by atoms with Gasteiger partial charge in [0.15, 0.2) is 0 Å². The zero-order chi connectivity index (χ0) is 10.7. The number of rotatable bonds is 2. The van der Waals surface area contributed by atoms with Crippen molar-refractivity contribution < 1.29 is 9.90 Å². The molecule has 0 fully saturated rings. The van der Waals surface area contributed by atoms with E-state index in [4.69, 9.17) is 5.73 Å². The van der Waals surface area contributed by atoms with Crippen LogP contribution in [0.1, 0.15) is 12.5 Å². The Kier molecular flexibility index (Phi) is 5.11. The van der Waals surface area contributed by atoms with Crippen molar-refractivity contribution in [3.05, 3.63) is 23.8 Å². The zero-order valence-corrected chi connectivity index (χ0v) is 9.47. The zero-order valence-electron chi connectivity index (χ0n) is 8.65. The van der Waals surface area contributed by atoms with Crippen LogP contribution >= 0.6 is 12.4 Å². The highest BCUT2D eigenvalue weighted by molar-refractivity contribution is 5.95. The number of nitrogens with one attached hydrogen (secondary N) is 1. The summed E-state index contributed by atoms with van der Waals surface area (Å²) in [5.41, 5.74) is 6.69. The average molecular weight is 231 g/mol. The predicted molar refractivity (Wildman–Crippen MR) is 62.4 cm³/mol. The summed E-state index contributed by atoms with van der Waals surface area (Å²) in [5.74, 6) is -0.261. The largest absolute Gasteiger partial charge is 0.506 e. The van der Waals surface area contributed by atoms with Crippen LogP contribution in [0.3, 0.4) is 0 Å². The Labute approximate surface area is 94.9 Å². The van der Waals surface area contributed by atoms with Crippen LogP contribution in [0.15, 0.2) is 18.2 Å². The van der Waals surface area contributed by atoms with Gasteiger partial charge < -0.3 is 16.2 Å². The van der Waals surface area contributed by atoms with E-state index in [1.165, 1.54) is 0 Å². The molecule has 0 unspecified atom stereocenters. The molecule has 0 aromatic heterocycles. The van der Waals surface area contributed by atoms with E-state index in [1.54, 1.807) is 25.1 Å². The van der Waals surface area contributed by atoms with Crippen molar-refractivity contribution in [2.45, 2.75) is 19.9 Å². The maximum atomic E-state index is 11.2. The minimum Gasteiger partial charge on any atom is -0.506 e. The van der Waals surface area contributed by atoms with Crippen LogP contribution in [0.2, 0.25) is 0 Å². The fourth-order valence-electron chi connectivity index (χ4n) is 0.994.